The number of unbranched alkanes of at least 4 members (excludes halogenated alkanes) is 13. The summed E-state index contributed by atoms with van der Waals surface area (Å²) in [7, 11) is -3.80. The van der Waals surface area contributed by atoms with Crippen LogP contribution >= 0.6 is 0 Å². The van der Waals surface area contributed by atoms with Crippen molar-refractivity contribution in [1.29, 1.82) is 0 Å². The highest BCUT2D eigenvalue weighted by Gasteiger charge is 2.31. The molecule has 1 saturated carbocycles. The number of hydrogen-bond acceptors (Lipinski definition) is 2. The fourth-order valence-electron chi connectivity index (χ4n) is 5.25. The molecule has 0 atom stereocenters. The van der Waals surface area contributed by atoms with Crippen molar-refractivity contribution in [2.24, 2.45) is 5.41 Å². The minimum Gasteiger partial charge on any atom is -0.286 e. The minimum absolute atomic E-state index is 0.0620. The molecule has 29 heavy (non-hydrogen) atoms. The number of hydrogen-bond donors (Lipinski definition) is 1. The van der Waals surface area contributed by atoms with Crippen LogP contribution in [0.5, 0.6) is 0 Å². The number of rotatable bonds is 19. The molecule has 0 aliphatic heterocycles. The molecule has 0 bridgehead atoms. The van der Waals surface area contributed by atoms with Crippen molar-refractivity contribution in [2.75, 3.05) is 5.75 Å². The predicted molar refractivity (Wildman–Crippen MR) is 126 cm³/mol. The van der Waals surface area contributed by atoms with Gasteiger partial charge in [0.05, 0.1) is 5.75 Å². The van der Waals surface area contributed by atoms with E-state index in [-0.39, 0.29) is 5.75 Å². The van der Waals surface area contributed by atoms with Crippen LogP contribution in [0.25, 0.3) is 0 Å². The maximum Gasteiger partial charge on any atom is 0.264 e. The van der Waals surface area contributed by atoms with E-state index in [2.05, 4.69) is 6.92 Å². The van der Waals surface area contributed by atoms with E-state index in [0.717, 1.165) is 6.42 Å². The molecule has 1 fully saturated rings. The fourth-order valence-corrected chi connectivity index (χ4v) is 5.76. The van der Waals surface area contributed by atoms with E-state index in [1.165, 1.54) is 128 Å². The minimum atomic E-state index is -3.80. The van der Waals surface area contributed by atoms with E-state index >= 15 is 0 Å². The third-order valence-corrected chi connectivity index (χ3v) is 7.89. The lowest BCUT2D eigenvalue weighted by molar-refractivity contribution is 0.150. The summed E-state index contributed by atoms with van der Waals surface area (Å²) in [6.07, 6.45) is 28.8. The Morgan fingerprint density at radius 1 is 0.621 bits per heavy atom. The van der Waals surface area contributed by atoms with Gasteiger partial charge in [0.15, 0.2) is 0 Å². The molecular formula is C25H50O3S. The van der Waals surface area contributed by atoms with Crippen LogP contribution in [0.1, 0.15) is 148 Å². The van der Waals surface area contributed by atoms with Crippen molar-refractivity contribution in [3.05, 3.63) is 0 Å². The van der Waals surface area contributed by atoms with Crippen molar-refractivity contribution >= 4 is 10.1 Å². The molecule has 1 aliphatic carbocycles. The van der Waals surface area contributed by atoms with Crippen LogP contribution in [0.2, 0.25) is 0 Å². The molecule has 174 valence electrons. The van der Waals surface area contributed by atoms with E-state index < -0.39 is 10.1 Å². The molecule has 0 radical (unpaired) electrons. The summed E-state index contributed by atoms with van der Waals surface area (Å²) < 4.78 is 31.1. The van der Waals surface area contributed by atoms with E-state index in [9.17, 15) is 8.42 Å². The van der Waals surface area contributed by atoms with Gasteiger partial charge in [0, 0.05) is 0 Å². The molecule has 1 rings (SSSR count). The standard InChI is InChI=1S/C25H50O3S/c1-2-3-4-5-6-7-8-9-10-11-12-13-14-16-20-25(21-17-15-18-22-25)23-19-24-29(26,27)28/h2-24H2,1H3,(H,26,27,28). The molecule has 0 aromatic carbocycles. The molecule has 0 unspecified atom stereocenters. The first-order valence-corrected chi connectivity index (χ1v) is 14.5. The average Bonchev–Trinajstić information content (AvgIpc) is 2.68. The Morgan fingerprint density at radius 3 is 1.48 bits per heavy atom. The molecule has 0 aromatic heterocycles. The lowest BCUT2D eigenvalue weighted by Crippen LogP contribution is -2.25. The third kappa shape index (κ3) is 15.4. The maximum atomic E-state index is 11.0. The van der Waals surface area contributed by atoms with Crippen LogP contribution in [0.4, 0.5) is 0 Å². The van der Waals surface area contributed by atoms with E-state index in [0.29, 0.717) is 11.8 Å². The van der Waals surface area contributed by atoms with Crippen molar-refractivity contribution in [1.82, 2.24) is 0 Å². The predicted octanol–water partition coefficient (Wildman–Crippen LogP) is 8.48. The largest absolute Gasteiger partial charge is 0.286 e. The van der Waals surface area contributed by atoms with Crippen LogP contribution in [0.15, 0.2) is 0 Å². The molecular weight excluding hydrogens is 380 g/mol. The molecule has 0 saturated heterocycles. The van der Waals surface area contributed by atoms with Gasteiger partial charge in [-0.25, -0.2) is 0 Å². The summed E-state index contributed by atoms with van der Waals surface area (Å²) in [5, 5.41) is 0. The van der Waals surface area contributed by atoms with E-state index in [1.54, 1.807) is 0 Å². The van der Waals surface area contributed by atoms with Gasteiger partial charge >= 0.3 is 0 Å². The second-order valence-electron chi connectivity index (χ2n) is 9.80. The summed E-state index contributed by atoms with van der Waals surface area (Å²) in [6.45, 7) is 2.28. The Balaban J connectivity index is 2.00. The van der Waals surface area contributed by atoms with Gasteiger partial charge in [-0.1, -0.05) is 116 Å². The monoisotopic (exact) mass is 430 g/mol. The Bertz CT molecular complexity index is 466. The zero-order valence-corrected chi connectivity index (χ0v) is 20.3. The lowest BCUT2D eigenvalue weighted by atomic mass is 9.68. The highest BCUT2D eigenvalue weighted by atomic mass is 32.2. The summed E-state index contributed by atoms with van der Waals surface area (Å²) in [5.41, 5.74) is 0.361. The fraction of sp³-hybridized carbons (Fsp3) is 1.00. The Kier molecular flexibility index (Phi) is 15.4. The molecule has 0 amide bonds. The second kappa shape index (κ2) is 16.6. The van der Waals surface area contributed by atoms with Crippen LogP contribution in [0, 0.1) is 5.41 Å². The highest BCUT2D eigenvalue weighted by Crippen LogP contribution is 2.44. The van der Waals surface area contributed by atoms with Crippen LogP contribution in [-0.2, 0) is 10.1 Å². The Hall–Kier alpha value is -0.0900. The third-order valence-electron chi connectivity index (χ3n) is 7.08. The van der Waals surface area contributed by atoms with Gasteiger partial charge < -0.3 is 0 Å². The van der Waals surface area contributed by atoms with Gasteiger partial charge in [0.2, 0.25) is 0 Å². The molecule has 1 N–H and O–H groups in total. The van der Waals surface area contributed by atoms with Crippen molar-refractivity contribution < 1.29 is 13.0 Å². The lowest BCUT2D eigenvalue weighted by Gasteiger charge is -2.38. The van der Waals surface area contributed by atoms with Gasteiger partial charge in [-0.05, 0) is 37.5 Å². The topological polar surface area (TPSA) is 54.4 Å². The summed E-state index contributed by atoms with van der Waals surface area (Å²) in [4.78, 5) is 0. The molecule has 0 heterocycles. The summed E-state index contributed by atoms with van der Waals surface area (Å²) in [6, 6.07) is 0. The van der Waals surface area contributed by atoms with E-state index in [1.807, 2.05) is 0 Å². The molecule has 0 aromatic rings. The molecule has 1 aliphatic rings. The van der Waals surface area contributed by atoms with Gasteiger partial charge in [0.1, 0.15) is 0 Å². The Morgan fingerprint density at radius 2 is 1.03 bits per heavy atom. The van der Waals surface area contributed by atoms with Crippen LogP contribution in [-0.4, -0.2) is 18.7 Å². The molecule has 3 nitrogen and oxygen atoms in total. The van der Waals surface area contributed by atoms with Gasteiger partial charge in [0.25, 0.3) is 10.1 Å². The first-order chi connectivity index (χ1) is 14.0. The smallest absolute Gasteiger partial charge is 0.264 e. The SMILES string of the molecule is CCCCCCCCCCCCCCCCC1(CCCS(=O)(=O)O)CCCCC1. The molecule has 4 heteroatoms. The van der Waals surface area contributed by atoms with Crippen LogP contribution < -0.4 is 0 Å². The van der Waals surface area contributed by atoms with Crippen molar-refractivity contribution in [2.45, 2.75) is 148 Å². The van der Waals surface area contributed by atoms with Crippen LogP contribution in [0.3, 0.4) is 0 Å². The van der Waals surface area contributed by atoms with Gasteiger partial charge in [-0.15, -0.1) is 0 Å². The zero-order chi connectivity index (χ0) is 21.3. The highest BCUT2D eigenvalue weighted by molar-refractivity contribution is 7.85. The molecule has 0 spiro atoms. The first-order valence-electron chi connectivity index (χ1n) is 12.9. The normalized spacial score (nSPS) is 16.9. The first kappa shape index (κ1) is 26.9. The van der Waals surface area contributed by atoms with Gasteiger partial charge in [-0.2, -0.15) is 8.42 Å². The maximum absolute atomic E-state index is 11.0. The Labute approximate surface area is 182 Å². The summed E-state index contributed by atoms with van der Waals surface area (Å²) >= 11 is 0. The average molecular weight is 431 g/mol. The zero-order valence-electron chi connectivity index (χ0n) is 19.4. The van der Waals surface area contributed by atoms with Crippen molar-refractivity contribution in [3.8, 4) is 0 Å². The second-order valence-corrected chi connectivity index (χ2v) is 11.4. The quantitative estimate of drug-likeness (QED) is 0.165. The van der Waals surface area contributed by atoms with Gasteiger partial charge in [-0.3, -0.25) is 4.55 Å². The van der Waals surface area contributed by atoms with E-state index in [4.69, 9.17) is 4.55 Å². The summed E-state index contributed by atoms with van der Waals surface area (Å²) in [5.74, 6) is -0.0620. The van der Waals surface area contributed by atoms with Crippen molar-refractivity contribution in [3.63, 3.8) is 0 Å².